The first-order chi connectivity index (χ1) is 35.0. The molecule has 0 aromatic heterocycles. The summed E-state index contributed by atoms with van der Waals surface area (Å²) < 4.78 is 5.48. The Kier molecular flexibility index (Phi) is 59.9. The number of hydrogen-bond donors (Lipinski definition) is 3. The fourth-order valence-corrected chi connectivity index (χ4v) is 10.3. The number of unbranched alkanes of at least 4 members (excludes halogenated alkanes) is 48. The van der Waals surface area contributed by atoms with E-state index >= 15 is 0 Å². The number of nitrogens with one attached hydrogen (secondary N) is 1. The molecule has 422 valence electrons. The molecule has 0 aliphatic heterocycles. The molecule has 0 rings (SSSR count). The summed E-state index contributed by atoms with van der Waals surface area (Å²) in [6, 6.07) is -0.539. The molecule has 0 heterocycles. The second-order valence-corrected chi connectivity index (χ2v) is 22.5. The molecule has 0 saturated heterocycles. The Hall–Kier alpha value is -1.40. The number of carbonyl (C=O) groups excluding carboxylic acids is 2. The molecule has 0 fully saturated rings. The fraction of sp³-hybridized carbons (Fsp3) is 0.938. The number of aliphatic hydroxyl groups excluding tert-OH is 2. The first kappa shape index (κ1) is 69.6. The van der Waals surface area contributed by atoms with Crippen LogP contribution in [0.3, 0.4) is 0 Å². The molecule has 71 heavy (non-hydrogen) atoms. The topological polar surface area (TPSA) is 95.9 Å². The zero-order valence-electron chi connectivity index (χ0n) is 48.2. The average Bonchev–Trinajstić information content (AvgIpc) is 3.37. The van der Waals surface area contributed by atoms with E-state index in [1.54, 1.807) is 0 Å². The van der Waals surface area contributed by atoms with Crippen LogP contribution in [0.2, 0.25) is 0 Å². The lowest BCUT2D eigenvalue weighted by atomic mass is 10.0. The molecule has 3 N–H and O–H groups in total. The third kappa shape index (κ3) is 57.7. The SMILES string of the molecule is CCCCCCCCCCCCCCCC(=O)OCCCCCCCCCCCCCC/C=C\CCCCCCCCCCCCCCCC(=O)NC(CO)C(O)CCCCCCCCCCCCCC. The van der Waals surface area contributed by atoms with Gasteiger partial charge in [0.2, 0.25) is 5.91 Å². The molecular weight excluding hydrogens is 875 g/mol. The maximum Gasteiger partial charge on any atom is 0.305 e. The third-order valence-electron chi connectivity index (χ3n) is 15.3. The molecule has 0 saturated carbocycles. The molecule has 0 aromatic carbocycles. The smallest absolute Gasteiger partial charge is 0.305 e. The van der Waals surface area contributed by atoms with Crippen LogP contribution in [0, 0.1) is 0 Å². The quantitative estimate of drug-likeness (QED) is 0.0320. The molecule has 0 aromatic rings. The summed E-state index contributed by atoms with van der Waals surface area (Å²) >= 11 is 0. The van der Waals surface area contributed by atoms with E-state index in [4.69, 9.17) is 4.74 Å². The van der Waals surface area contributed by atoms with Gasteiger partial charge in [-0.05, 0) is 51.4 Å². The van der Waals surface area contributed by atoms with Crippen molar-refractivity contribution in [1.29, 1.82) is 0 Å². The highest BCUT2D eigenvalue weighted by molar-refractivity contribution is 5.76. The number of amides is 1. The summed E-state index contributed by atoms with van der Waals surface area (Å²) in [5, 5.41) is 23.2. The third-order valence-corrected chi connectivity index (χ3v) is 15.3. The highest BCUT2D eigenvalue weighted by Gasteiger charge is 2.20. The molecule has 2 atom stereocenters. The minimum absolute atomic E-state index is 0.0186. The maximum absolute atomic E-state index is 12.5. The van der Waals surface area contributed by atoms with Crippen LogP contribution < -0.4 is 5.32 Å². The molecule has 0 spiro atoms. The highest BCUT2D eigenvalue weighted by atomic mass is 16.5. The van der Waals surface area contributed by atoms with Gasteiger partial charge in [0, 0.05) is 12.8 Å². The molecule has 1 amide bonds. The number of esters is 1. The van der Waals surface area contributed by atoms with E-state index in [1.807, 2.05) is 0 Å². The Bertz CT molecular complexity index is 1060. The number of aliphatic hydroxyl groups is 2. The van der Waals surface area contributed by atoms with Crippen molar-refractivity contribution in [3.63, 3.8) is 0 Å². The summed E-state index contributed by atoms with van der Waals surface area (Å²) in [7, 11) is 0. The number of allylic oxidation sites excluding steroid dienone is 2. The van der Waals surface area contributed by atoms with Crippen molar-refractivity contribution in [1.82, 2.24) is 5.32 Å². The van der Waals surface area contributed by atoms with E-state index in [1.165, 1.54) is 295 Å². The van der Waals surface area contributed by atoms with Crippen molar-refractivity contribution < 1.29 is 24.5 Å². The van der Waals surface area contributed by atoms with Crippen molar-refractivity contribution in [2.45, 2.75) is 379 Å². The molecule has 0 radical (unpaired) electrons. The summed E-state index contributed by atoms with van der Waals surface area (Å²) in [5.74, 6) is -0.0141. The van der Waals surface area contributed by atoms with E-state index in [-0.39, 0.29) is 18.5 Å². The minimum atomic E-state index is -0.661. The van der Waals surface area contributed by atoms with Gasteiger partial charge < -0.3 is 20.3 Å². The van der Waals surface area contributed by atoms with Crippen LogP contribution in [0.5, 0.6) is 0 Å². The number of carbonyl (C=O) groups is 2. The molecule has 6 nitrogen and oxygen atoms in total. The molecule has 6 heteroatoms. The van der Waals surface area contributed by atoms with Gasteiger partial charge in [-0.1, -0.05) is 315 Å². The lowest BCUT2D eigenvalue weighted by molar-refractivity contribution is -0.143. The Balaban J connectivity index is 3.34. The van der Waals surface area contributed by atoms with Gasteiger partial charge in [-0.15, -0.1) is 0 Å². The van der Waals surface area contributed by atoms with Gasteiger partial charge in [0.15, 0.2) is 0 Å². The molecule has 0 bridgehead atoms. The lowest BCUT2D eigenvalue weighted by Crippen LogP contribution is -2.45. The molecule has 0 aliphatic carbocycles. The predicted molar refractivity (Wildman–Crippen MR) is 310 cm³/mol. The fourth-order valence-electron chi connectivity index (χ4n) is 10.3. The van der Waals surface area contributed by atoms with E-state index in [0.29, 0.717) is 25.9 Å². The summed E-state index contributed by atoms with van der Waals surface area (Å²) in [5.41, 5.74) is 0. The number of hydrogen-bond acceptors (Lipinski definition) is 5. The van der Waals surface area contributed by atoms with Crippen molar-refractivity contribution in [2.75, 3.05) is 13.2 Å². The van der Waals surface area contributed by atoms with Crippen molar-refractivity contribution >= 4 is 11.9 Å². The zero-order chi connectivity index (χ0) is 51.4. The van der Waals surface area contributed by atoms with E-state index < -0.39 is 12.1 Å². The van der Waals surface area contributed by atoms with Gasteiger partial charge in [0.25, 0.3) is 0 Å². The first-order valence-electron chi connectivity index (χ1n) is 32.4. The monoisotopic (exact) mass is 1000 g/mol. The molecule has 2 unspecified atom stereocenters. The minimum Gasteiger partial charge on any atom is -0.466 e. The van der Waals surface area contributed by atoms with Gasteiger partial charge in [-0.3, -0.25) is 9.59 Å². The molecule has 0 aliphatic rings. The molecular formula is C65H127NO5. The average molecular weight is 1000 g/mol. The van der Waals surface area contributed by atoms with Crippen LogP contribution in [-0.4, -0.2) is 47.4 Å². The zero-order valence-corrected chi connectivity index (χ0v) is 48.2. The Morgan fingerprint density at radius 1 is 0.380 bits per heavy atom. The predicted octanol–water partition coefficient (Wildman–Crippen LogP) is 20.4. The van der Waals surface area contributed by atoms with Gasteiger partial charge in [-0.2, -0.15) is 0 Å². The van der Waals surface area contributed by atoms with Crippen LogP contribution >= 0.6 is 0 Å². The van der Waals surface area contributed by atoms with Crippen LogP contribution in [-0.2, 0) is 14.3 Å². The lowest BCUT2D eigenvalue weighted by Gasteiger charge is -2.22. The van der Waals surface area contributed by atoms with Crippen molar-refractivity contribution in [3.8, 4) is 0 Å². The summed E-state index contributed by atoms with van der Waals surface area (Å²) in [6.45, 7) is 4.97. The van der Waals surface area contributed by atoms with E-state index in [0.717, 1.165) is 38.5 Å². The first-order valence-corrected chi connectivity index (χ1v) is 32.4. The second kappa shape index (κ2) is 61.1. The van der Waals surface area contributed by atoms with Crippen LogP contribution in [0.1, 0.15) is 367 Å². The van der Waals surface area contributed by atoms with Gasteiger partial charge in [-0.25, -0.2) is 0 Å². The Morgan fingerprint density at radius 2 is 0.662 bits per heavy atom. The van der Waals surface area contributed by atoms with E-state index in [9.17, 15) is 19.8 Å². The standard InChI is InChI=1S/C65H127NO5/c1-3-5-7-9-11-13-15-34-39-43-47-51-55-59-65(70)71-60-56-52-48-44-40-36-33-31-29-27-25-23-21-19-17-18-20-22-24-26-28-30-32-35-38-42-46-50-54-58-64(69)66-62(61-67)63(68)57-53-49-45-41-37-16-14-12-10-8-6-4-2/h17,19,62-63,67-68H,3-16,18,20-61H2,1-2H3,(H,66,69)/b19-17-. The van der Waals surface area contributed by atoms with Crippen molar-refractivity contribution in [3.05, 3.63) is 12.2 Å². The van der Waals surface area contributed by atoms with E-state index in [2.05, 4.69) is 31.3 Å². The maximum atomic E-state index is 12.5. The van der Waals surface area contributed by atoms with Gasteiger partial charge >= 0.3 is 5.97 Å². The number of ether oxygens (including phenoxy) is 1. The summed E-state index contributed by atoms with van der Waals surface area (Å²) in [4.78, 5) is 24.5. The largest absolute Gasteiger partial charge is 0.466 e. The van der Waals surface area contributed by atoms with Crippen molar-refractivity contribution in [2.24, 2.45) is 0 Å². The Morgan fingerprint density at radius 3 is 1.00 bits per heavy atom. The highest BCUT2D eigenvalue weighted by Crippen LogP contribution is 2.18. The Labute approximate surface area is 444 Å². The normalized spacial score (nSPS) is 12.6. The van der Waals surface area contributed by atoms with Crippen LogP contribution in [0.25, 0.3) is 0 Å². The second-order valence-electron chi connectivity index (χ2n) is 22.5. The van der Waals surface area contributed by atoms with Gasteiger partial charge in [0.1, 0.15) is 0 Å². The van der Waals surface area contributed by atoms with Crippen LogP contribution in [0.4, 0.5) is 0 Å². The number of rotatable bonds is 61. The summed E-state index contributed by atoms with van der Waals surface area (Å²) in [6.07, 6.45) is 73.9. The van der Waals surface area contributed by atoms with Gasteiger partial charge in [0.05, 0.1) is 25.4 Å². The van der Waals surface area contributed by atoms with Crippen LogP contribution in [0.15, 0.2) is 12.2 Å².